The molecular weight excluding hydrogens is 274 g/mol. The van der Waals surface area contributed by atoms with Crippen molar-refractivity contribution in [3.63, 3.8) is 0 Å². The van der Waals surface area contributed by atoms with Gasteiger partial charge in [0, 0.05) is 16.0 Å². The topological polar surface area (TPSA) is 42.4 Å². The normalized spacial score (nSPS) is 10.7. The molecule has 1 heterocycles. The minimum atomic E-state index is -0.171. The molecule has 0 fully saturated rings. The highest BCUT2D eigenvalue weighted by molar-refractivity contribution is 6.31. The summed E-state index contributed by atoms with van der Waals surface area (Å²) >= 11 is 6.04. The zero-order chi connectivity index (χ0) is 13.9. The SMILES string of the molecule is OCc1c(Cl)cccc1Oc1cnc2ccccc2c1. The van der Waals surface area contributed by atoms with Crippen molar-refractivity contribution in [1.29, 1.82) is 0 Å². The highest BCUT2D eigenvalue weighted by Crippen LogP contribution is 2.31. The van der Waals surface area contributed by atoms with Crippen LogP contribution in [0.5, 0.6) is 11.5 Å². The zero-order valence-corrected chi connectivity index (χ0v) is 11.3. The molecule has 0 aliphatic rings. The summed E-state index contributed by atoms with van der Waals surface area (Å²) in [6.45, 7) is -0.171. The third kappa shape index (κ3) is 2.46. The van der Waals surface area contributed by atoms with Gasteiger partial charge in [-0.25, -0.2) is 0 Å². The molecule has 4 heteroatoms. The van der Waals surface area contributed by atoms with E-state index in [-0.39, 0.29) is 6.61 Å². The molecule has 0 spiro atoms. The minimum absolute atomic E-state index is 0.171. The summed E-state index contributed by atoms with van der Waals surface area (Å²) in [6, 6.07) is 15.0. The first kappa shape index (κ1) is 12.9. The number of aromatic nitrogens is 1. The summed E-state index contributed by atoms with van der Waals surface area (Å²) in [5.74, 6) is 1.15. The van der Waals surface area contributed by atoms with Gasteiger partial charge >= 0.3 is 0 Å². The molecular formula is C16H12ClNO2. The van der Waals surface area contributed by atoms with E-state index in [4.69, 9.17) is 16.3 Å². The third-order valence-electron chi connectivity index (χ3n) is 3.03. The van der Waals surface area contributed by atoms with Crippen LogP contribution in [0.2, 0.25) is 5.02 Å². The van der Waals surface area contributed by atoms with Crippen LogP contribution in [0, 0.1) is 0 Å². The number of hydrogen-bond acceptors (Lipinski definition) is 3. The van der Waals surface area contributed by atoms with Crippen molar-refractivity contribution in [2.75, 3.05) is 0 Å². The Hall–Kier alpha value is -2.10. The Labute approximate surface area is 121 Å². The number of hydrogen-bond donors (Lipinski definition) is 1. The maximum atomic E-state index is 9.37. The second kappa shape index (κ2) is 5.49. The van der Waals surface area contributed by atoms with Crippen LogP contribution in [0.3, 0.4) is 0 Å². The number of halogens is 1. The lowest BCUT2D eigenvalue weighted by molar-refractivity contribution is 0.276. The Morgan fingerprint density at radius 2 is 1.95 bits per heavy atom. The smallest absolute Gasteiger partial charge is 0.146 e. The Kier molecular flexibility index (Phi) is 3.54. The molecule has 0 aliphatic heterocycles. The summed E-state index contributed by atoms with van der Waals surface area (Å²) < 4.78 is 5.78. The van der Waals surface area contributed by atoms with E-state index in [1.165, 1.54) is 0 Å². The number of pyridine rings is 1. The van der Waals surface area contributed by atoms with Crippen LogP contribution in [0.4, 0.5) is 0 Å². The van der Waals surface area contributed by atoms with E-state index in [1.54, 1.807) is 24.4 Å². The number of fused-ring (bicyclic) bond motifs is 1. The first-order chi connectivity index (χ1) is 9.78. The van der Waals surface area contributed by atoms with Gasteiger partial charge in [0.05, 0.1) is 18.3 Å². The van der Waals surface area contributed by atoms with E-state index < -0.39 is 0 Å². The van der Waals surface area contributed by atoms with Crippen molar-refractivity contribution < 1.29 is 9.84 Å². The number of rotatable bonds is 3. The van der Waals surface area contributed by atoms with Crippen LogP contribution >= 0.6 is 11.6 Å². The molecule has 0 unspecified atom stereocenters. The van der Waals surface area contributed by atoms with Crippen LogP contribution in [0.25, 0.3) is 10.9 Å². The summed E-state index contributed by atoms with van der Waals surface area (Å²) in [7, 11) is 0. The zero-order valence-electron chi connectivity index (χ0n) is 10.6. The van der Waals surface area contributed by atoms with Gasteiger partial charge in [0.25, 0.3) is 0 Å². The molecule has 0 bridgehead atoms. The molecule has 3 rings (SSSR count). The Morgan fingerprint density at radius 1 is 1.10 bits per heavy atom. The molecule has 0 amide bonds. The van der Waals surface area contributed by atoms with Gasteiger partial charge in [-0.05, 0) is 24.3 Å². The van der Waals surface area contributed by atoms with Crippen molar-refractivity contribution in [3.8, 4) is 11.5 Å². The van der Waals surface area contributed by atoms with E-state index in [0.29, 0.717) is 22.1 Å². The van der Waals surface area contributed by atoms with Crippen LogP contribution in [0.15, 0.2) is 54.7 Å². The Bertz CT molecular complexity index is 758. The lowest BCUT2D eigenvalue weighted by Crippen LogP contribution is -1.93. The summed E-state index contributed by atoms with van der Waals surface area (Å²) in [6.07, 6.45) is 1.66. The van der Waals surface area contributed by atoms with Gasteiger partial charge in [-0.3, -0.25) is 4.98 Å². The van der Waals surface area contributed by atoms with Gasteiger partial charge in [0.1, 0.15) is 11.5 Å². The van der Waals surface area contributed by atoms with Crippen molar-refractivity contribution in [2.45, 2.75) is 6.61 Å². The summed E-state index contributed by atoms with van der Waals surface area (Å²) in [4.78, 5) is 4.33. The summed E-state index contributed by atoms with van der Waals surface area (Å²) in [5.41, 5.74) is 1.48. The molecule has 20 heavy (non-hydrogen) atoms. The molecule has 0 atom stereocenters. The van der Waals surface area contributed by atoms with E-state index in [2.05, 4.69) is 4.98 Å². The average molecular weight is 286 g/mol. The second-order valence-electron chi connectivity index (χ2n) is 4.34. The number of ether oxygens (including phenoxy) is 1. The predicted octanol–water partition coefficient (Wildman–Crippen LogP) is 4.17. The van der Waals surface area contributed by atoms with Crippen LogP contribution < -0.4 is 4.74 Å². The minimum Gasteiger partial charge on any atom is -0.455 e. The van der Waals surface area contributed by atoms with E-state index >= 15 is 0 Å². The molecule has 3 nitrogen and oxygen atoms in total. The second-order valence-corrected chi connectivity index (χ2v) is 4.75. The molecule has 2 aromatic carbocycles. The van der Waals surface area contributed by atoms with Crippen molar-refractivity contribution in [3.05, 3.63) is 65.3 Å². The number of benzene rings is 2. The molecule has 0 radical (unpaired) electrons. The lowest BCUT2D eigenvalue weighted by Gasteiger charge is -2.11. The third-order valence-corrected chi connectivity index (χ3v) is 3.38. The van der Waals surface area contributed by atoms with Crippen LogP contribution in [0.1, 0.15) is 5.56 Å². The quantitative estimate of drug-likeness (QED) is 0.785. The van der Waals surface area contributed by atoms with Gasteiger partial charge in [0.2, 0.25) is 0 Å². The number of para-hydroxylation sites is 1. The van der Waals surface area contributed by atoms with Crippen molar-refractivity contribution in [2.24, 2.45) is 0 Å². The fourth-order valence-corrected chi connectivity index (χ4v) is 2.25. The van der Waals surface area contributed by atoms with E-state index in [9.17, 15) is 5.11 Å². The van der Waals surface area contributed by atoms with Crippen LogP contribution in [-0.4, -0.2) is 10.1 Å². The fourth-order valence-electron chi connectivity index (χ4n) is 2.02. The first-order valence-corrected chi connectivity index (χ1v) is 6.56. The molecule has 100 valence electrons. The highest BCUT2D eigenvalue weighted by atomic mass is 35.5. The van der Waals surface area contributed by atoms with Crippen LogP contribution in [-0.2, 0) is 6.61 Å². The van der Waals surface area contributed by atoms with Crippen molar-refractivity contribution >= 4 is 22.5 Å². The first-order valence-electron chi connectivity index (χ1n) is 6.19. The summed E-state index contributed by atoms with van der Waals surface area (Å²) in [5, 5.41) is 10.9. The maximum Gasteiger partial charge on any atom is 0.146 e. The van der Waals surface area contributed by atoms with Gasteiger partial charge < -0.3 is 9.84 Å². The Balaban J connectivity index is 1.99. The molecule has 0 saturated carbocycles. The van der Waals surface area contributed by atoms with Gasteiger partial charge in [0.15, 0.2) is 0 Å². The standard InChI is InChI=1S/C16H12ClNO2/c17-14-5-3-7-16(13(14)10-19)20-12-8-11-4-1-2-6-15(11)18-9-12/h1-9,19H,10H2. The maximum absolute atomic E-state index is 9.37. The highest BCUT2D eigenvalue weighted by Gasteiger charge is 2.08. The van der Waals surface area contributed by atoms with Gasteiger partial charge in [-0.1, -0.05) is 35.9 Å². The molecule has 0 aliphatic carbocycles. The van der Waals surface area contributed by atoms with Gasteiger partial charge in [-0.15, -0.1) is 0 Å². The molecule has 1 N–H and O–H groups in total. The number of nitrogens with zero attached hydrogens (tertiary/aromatic N) is 1. The Morgan fingerprint density at radius 3 is 2.80 bits per heavy atom. The molecule has 0 saturated heterocycles. The fraction of sp³-hybridized carbons (Fsp3) is 0.0625. The number of aliphatic hydroxyl groups is 1. The molecule has 1 aromatic heterocycles. The van der Waals surface area contributed by atoms with E-state index in [0.717, 1.165) is 10.9 Å². The van der Waals surface area contributed by atoms with E-state index in [1.807, 2.05) is 30.3 Å². The predicted molar refractivity (Wildman–Crippen MR) is 79.2 cm³/mol. The molecule has 3 aromatic rings. The lowest BCUT2D eigenvalue weighted by atomic mass is 10.2. The average Bonchev–Trinajstić information content (AvgIpc) is 2.47. The monoisotopic (exact) mass is 285 g/mol. The number of aliphatic hydroxyl groups excluding tert-OH is 1. The van der Waals surface area contributed by atoms with Crippen molar-refractivity contribution in [1.82, 2.24) is 4.98 Å². The van der Waals surface area contributed by atoms with Gasteiger partial charge in [-0.2, -0.15) is 0 Å². The largest absolute Gasteiger partial charge is 0.455 e.